The third kappa shape index (κ3) is 5.69. The van der Waals surface area contributed by atoms with Crippen LogP contribution in [0.25, 0.3) is 0 Å². The van der Waals surface area contributed by atoms with E-state index in [9.17, 15) is 22.8 Å². The Bertz CT molecular complexity index is 518. The number of carboxylic acid groups (broad SMARTS) is 1. The van der Waals surface area contributed by atoms with E-state index in [4.69, 9.17) is 5.11 Å². The van der Waals surface area contributed by atoms with Crippen molar-refractivity contribution in [3.8, 4) is 5.75 Å². The van der Waals surface area contributed by atoms with Gasteiger partial charge in [0.25, 0.3) is 5.91 Å². The van der Waals surface area contributed by atoms with E-state index in [1.165, 1.54) is 19.2 Å². The molecule has 1 amide bonds. The van der Waals surface area contributed by atoms with E-state index in [2.05, 4.69) is 14.8 Å². The molecular weight excluding hydrogens is 295 g/mol. The van der Waals surface area contributed by atoms with Gasteiger partial charge >= 0.3 is 12.3 Å². The molecule has 0 aliphatic heterocycles. The van der Waals surface area contributed by atoms with Crippen molar-refractivity contribution in [1.29, 1.82) is 0 Å². The number of carbonyl (C=O) groups excluding carboxylic acids is 1. The van der Waals surface area contributed by atoms with Gasteiger partial charge in [-0.25, -0.2) is 4.79 Å². The highest BCUT2D eigenvalue weighted by atomic mass is 19.4. The lowest BCUT2D eigenvalue weighted by atomic mass is 10.2. The van der Waals surface area contributed by atoms with Gasteiger partial charge in [0.05, 0.1) is 6.61 Å². The van der Waals surface area contributed by atoms with Crippen molar-refractivity contribution in [2.24, 2.45) is 0 Å². The Labute approximate surface area is 117 Å². The number of carbonyl (C=O) groups is 2. The van der Waals surface area contributed by atoms with Gasteiger partial charge in [0.15, 0.2) is 6.04 Å². The summed E-state index contributed by atoms with van der Waals surface area (Å²) in [7, 11) is 1.25. The molecule has 116 valence electrons. The molecule has 0 bridgehead atoms. The van der Waals surface area contributed by atoms with Gasteiger partial charge in [-0.3, -0.25) is 4.79 Å². The van der Waals surface area contributed by atoms with Gasteiger partial charge in [-0.05, 0) is 18.2 Å². The molecular formula is C12H12F3NO5. The topological polar surface area (TPSA) is 84.9 Å². The van der Waals surface area contributed by atoms with Crippen molar-refractivity contribution in [2.75, 3.05) is 13.7 Å². The number of methoxy groups -OCH3 is 1. The standard InChI is InChI=1S/C12H12F3NO5/c1-20-6-9(11(18)19)16-10(17)7-3-2-4-8(5-7)21-12(13,14)15/h2-5,9H,6H2,1H3,(H,16,17)(H,18,19). The summed E-state index contributed by atoms with van der Waals surface area (Å²) in [6.45, 7) is -0.278. The summed E-state index contributed by atoms with van der Waals surface area (Å²) >= 11 is 0. The minimum absolute atomic E-state index is 0.167. The molecule has 2 N–H and O–H groups in total. The summed E-state index contributed by atoms with van der Waals surface area (Å²) in [6, 6.07) is 2.98. The zero-order chi connectivity index (χ0) is 16.0. The first-order valence-corrected chi connectivity index (χ1v) is 5.61. The van der Waals surface area contributed by atoms with E-state index in [0.29, 0.717) is 0 Å². The number of carboxylic acids is 1. The van der Waals surface area contributed by atoms with Crippen molar-refractivity contribution >= 4 is 11.9 Å². The molecule has 1 aromatic carbocycles. The second-order valence-electron chi connectivity index (χ2n) is 3.90. The SMILES string of the molecule is COCC(NC(=O)c1cccc(OC(F)(F)F)c1)C(=O)O. The molecule has 0 fully saturated rings. The highest BCUT2D eigenvalue weighted by Gasteiger charge is 2.31. The maximum absolute atomic E-state index is 12.1. The first-order valence-electron chi connectivity index (χ1n) is 5.61. The van der Waals surface area contributed by atoms with Crippen LogP contribution in [-0.4, -0.2) is 43.1 Å². The number of nitrogens with one attached hydrogen (secondary N) is 1. The van der Waals surface area contributed by atoms with Gasteiger partial charge in [-0.2, -0.15) is 0 Å². The maximum atomic E-state index is 12.1. The van der Waals surface area contributed by atoms with Crippen molar-refractivity contribution in [1.82, 2.24) is 5.32 Å². The van der Waals surface area contributed by atoms with Crippen molar-refractivity contribution in [3.63, 3.8) is 0 Å². The zero-order valence-corrected chi connectivity index (χ0v) is 10.8. The largest absolute Gasteiger partial charge is 0.573 e. The minimum Gasteiger partial charge on any atom is -0.480 e. The van der Waals surface area contributed by atoms with E-state index < -0.39 is 30.0 Å². The van der Waals surface area contributed by atoms with Crippen LogP contribution in [0.1, 0.15) is 10.4 Å². The van der Waals surface area contributed by atoms with Gasteiger partial charge in [0.2, 0.25) is 0 Å². The van der Waals surface area contributed by atoms with E-state index in [1.807, 2.05) is 0 Å². The number of hydrogen-bond acceptors (Lipinski definition) is 4. The molecule has 9 heteroatoms. The van der Waals surface area contributed by atoms with Crippen LogP contribution in [0.3, 0.4) is 0 Å². The second-order valence-corrected chi connectivity index (χ2v) is 3.90. The smallest absolute Gasteiger partial charge is 0.480 e. The normalized spacial score (nSPS) is 12.6. The summed E-state index contributed by atoms with van der Waals surface area (Å²) < 4.78 is 44.5. The van der Waals surface area contributed by atoms with Crippen molar-refractivity contribution in [3.05, 3.63) is 29.8 Å². The number of rotatable bonds is 6. The van der Waals surface area contributed by atoms with Gasteiger partial charge < -0.3 is 19.9 Å². The fraction of sp³-hybridized carbons (Fsp3) is 0.333. The molecule has 1 atom stereocenters. The number of benzene rings is 1. The van der Waals surface area contributed by atoms with Gasteiger partial charge in [0, 0.05) is 12.7 Å². The fourth-order valence-corrected chi connectivity index (χ4v) is 1.42. The Morgan fingerprint density at radius 1 is 1.38 bits per heavy atom. The Kier molecular flexibility index (Phi) is 5.53. The van der Waals surface area contributed by atoms with Crippen LogP contribution in [-0.2, 0) is 9.53 Å². The number of alkyl halides is 3. The van der Waals surface area contributed by atoms with Crippen LogP contribution in [0.5, 0.6) is 5.75 Å². The third-order valence-corrected chi connectivity index (χ3v) is 2.27. The predicted molar refractivity (Wildman–Crippen MR) is 63.9 cm³/mol. The molecule has 0 saturated carbocycles. The van der Waals surface area contributed by atoms with Crippen LogP contribution < -0.4 is 10.1 Å². The quantitative estimate of drug-likeness (QED) is 0.830. The molecule has 6 nitrogen and oxygen atoms in total. The van der Waals surface area contributed by atoms with Crippen LogP contribution in [0.15, 0.2) is 24.3 Å². The predicted octanol–water partition coefficient (Wildman–Crippen LogP) is 1.41. The number of hydrogen-bond donors (Lipinski definition) is 2. The Morgan fingerprint density at radius 3 is 2.57 bits per heavy atom. The van der Waals surface area contributed by atoms with Gasteiger partial charge in [-0.15, -0.1) is 13.2 Å². The molecule has 0 saturated heterocycles. The second kappa shape index (κ2) is 6.93. The summed E-state index contributed by atoms with van der Waals surface area (Å²) in [5.74, 6) is -2.76. The Balaban J connectivity index is 2.82. The molecule has 1 aromatic rings. The molecule has 0 heterocycles. The van der Waals surface area contributed by atoms with Crippen molar-refractivity contribution < 1.29 is 37.3 Å². The van der Waals surface area contributed by atoms with E-state index in [-0.39, 0.29) is 12.2 Å². The number of aliphatic carboxylic acids is 1. The lowest BCUT2D eigenvalue weighted by Crippen LogP contribution is -2.43. The monoisotopic (exact) mass is 307 g/mol. The summed E-state index contributed by atoms with van der Waals surface area (Å²) in [5.41, 5.74) is -0.167. The zero-order valence-electron chi connectivity index (χ0n) is 10.8. The Morgan fingerprint density at radius 2 is 2.05 bits per heavy atom. The van der Waals surface area contributed by atoms with Crippen LogP contribution >= 0.6 is 0 Å². The first-order chi connectivity index (χ1) is 9.73. The minimum atomic E-state index is -4.88. The van der Waals surface area contributed by atoms with E-state index in [0.717, 1.165) is 12.1 Å². The average molecular weight is 307 g/mol. The maximum Gasteiger partial charge on any atom is 0.573 e. The fourth-order valence-electron chi connectivity index (χ4n) is 1.42. The van der Waals surface area contributed by atoms with Crippen LogP contribution in [0.4, 0.5) is 13.2 Å². The number of ether oxygens (including phenoxy) is 2. The van der Waals surface area contributed by atoms with Crippen molar-refractivity contribution in [2.45, 2.75) is 12.4 Å². The molecule has 1 rings (SSSR count). The van der Waals surface area contributed by atoms with Gasteiger partial charge in [-0.1, -0.05) is 6.07 Å². The van der Waals surface area contributed by atoms with Crippen LogP contribution in [0, 0.1) is 0 Å². The lowest BCUT2D eigenvalue weighted by Gasteiger charge is -2.14. The molecule has 1 unspecified atom stereocenters. The molecule has 0 aliphatic carbocycles. The lowest BCUT2D eigenvalue weighted by molar-refractivity contribution is -0.274. The van der Waals surface area contributed by atoms with Crippen LogP contribution in [0.2, 0.25) is 0 Å². The van der Waals surface area contributed by atoms with Gasteiger partial charge in [0.1, 0.15) is 5.75 Å². The molecule has 0 radical (unpaired) electrons. The highest BCUT2D eigenvalue weighted by molar-refractivity contribution is 5.96. The molecule has 0 aromatic heterocycles. The summed E-state index contributed by atoms with van der Waals surface area (Å²) in [6.07, 6.45) is -4.88. The third-order valence-electron chi connectivity index (χ3n) is 2.27. The average Bonchev–Trinajstić information content (AvgIpc) is 2.36. The number of halogens is 3. The van der Waals surface area contributed by atoms with E-state index in [1.54, 1.807) is 0 Å². The molecule has 0 aliphatic rings. The van der Waals surface area contributed by atoms with E-state index >= 15 is 0 Å². The number of amides is 1. The summed E-state index contributed by atoms with van der Waals surface area (Å²) in [4.78, 5) is 22.6. The first kappa shape index (κ1) is 16.8. The summed E-state index contributed by atoms with van der Waals surface area (Å²) in [5, 5.41) is 11.0. The highest BCUT2D eigenvalue weighted by Crippen LogP contribution is 2.23. The Hall–Kier alpha value is -2.29. The molecule has 0 spiro atoms. The molecule has 21 heavy (non-hydrogen) atoms.